The Morgan fingerprint density at radius 1 is 1.04 bits per heavy atom. The van der Waals surface area contributed by atoms with E-state index in [0.717, 1.165) is 38.8 Å². The molecule has 0 spiro atoms. The zero-order valence-electron chi connectivity index (χ0n) is 25.2. The normalized spacial score (nSPS) is 23.3. The van der Waals surface area contributed by atoms with E-state index in [4.69, 9.17) is 21.4 Å². The maximum Gasteiger partial charge on any atom is 0.227 e. The summed E-state index contributed by atoms with van der Waals surface area (Å²) in [6.07, 6.45) is 0.930. The SMILES string of the molecule is O=C(Cc1ccc(OCCCC2CCN(c3ncc(Cl)cn3)CC2)cc1F)N1C[C@H]2CN(C[C@H](O)[C@@H](O)[C@H](O)[C@H](O)CO)[C@H]2C1. The van der Waals surface area contributed by atoms with E-state index in [9.17, 15) is 29.6 Å². The molecule has 5 rings (SSSR count). The van der Waals surface area contributed by atoms with Crippen LogP contribution in [-0.4, -0.2) is 134 Å². The summed E-state index contributed by atoms with van der Waals surface area (Å²) < 4.78 is 20.7. The molecule has 3 aliphatic heterocycles. The van der Waals surface area contributed by atoms with Gasteiger partial charge in [-0.1, -0.05) is 17.7 Å². The van der Waals surface area contributed by atoms with Gasteiger partial charge in [-0.25, -0.2) is 14.4 Å². The van der Waals surface area contributed by atoms with E-state index in [1.54, 1.807) is 29.4 Å². The lowest BCUT2D eigenvalue weighted by molar-refractivity contribution is -0.129. The third-order valence-corrected chi connectivity index (χ3v) is 9.54. The number of ether oxygens (including phenoxy) is 1. The molecule has 1 aromatic heterocycles. The molecule has 3 aliphatic rings. The molecule has 14 heteroatoms. The average Bonchev–Trinajstić information content (AvgIpc) is 3.39. The predicted octanol–water partition coefficient (Wildman–Crippen LogP) is 0.466. The Labute approximate surface area is 267 Å². The number of aliphatic hydroxyl groups is 5. The van der Waals surface area contributed by atoms with E-state index < -0.39 is 36.8 Å². The van der Waals surface area contributed by atoms with Crippen LogP contribution in [0.3, 0.4) is 0 Å². The van der Waals surface area contributed by atoms with E-state index in [0.29, 0.717) is 54.4 Å². The highest BCUT2D eigenvalue weighted by Crippen LogP contribution is 2.33. The van der Waals surface area contributed by atoms with Crippen LogP contribution in [0.2, 0.25) is 5.02 Å². The number of halogens is 2. The molecule has 3 fully saturated rings. The predicted molar refractivity (Wildman–Crippen MR) is 163 cm³/mol. The Kier molecular flexibility index (Phi) is 11.5. The van der Waals surface area contributed by atoms with Gasteiger partial charge in [0, 0.05) is 57.3 Å². The van der Waals surface area contributed by atoms with Gasteiger partial charge in [-0.3, -0.25) is 9.69 Å². The lowest BCUT2D eigenvalue weighted by Crippen LogP contribution is -2.60. The lowest BCUT2D eigenvalue weighted by atomic mass is 9.90. The average molecular weight is 652 g/mol. The van der Waals surface area contributed by atoms with Gasteiger partial charge in [0.2, 0.25) is 11.9 Å². The zero-order chi connectivity index (χ0) is 32.1. The Morgan fingerprint density at radius 3 is 2.44 bits per heavy atom. The molecule has 6 atom stereocenters. The van der Waals surface area contributed by atoms with Crippen molar-refractivity contribution in [2.24, 2.45) is 11.8 Å². The molecule has 1 aromatic carbocycles. The number of anilines is 1. The minimum atomic E-state index is -1.68. The van der Waals surface area contributed by atoms with Crippen LogP contribution in [0.15, 0.2) is 30.6 Å². The van der Waals surface area contributed by atoms with Crippen molar-refractivity contribution < 1.29 is 39.5 Å². The van der Waals surface area contributed by atoms with E-state index in [2.05, 4.69) is 14.9 Å². The molecule has 0 unspecified atom stereocenters. The number of hydrogen-bond acceptors (Lipinski definition) is 11. The Morgan fingerprint density at radius 2 is 1.76 bits per heavy atom. The van der Waals surface area contributed by atoms with Crippen molar-refractivity contribution in [2.45, 2.75) is 62.6 Å². The van der Waals surface area contributed by atoms with Gasteiger partial charge in [0.15, 0.2) is 0 Å². The van der Waals surface area contributed by atoms with Crippen LogP contribution >= 0.6 is 11.6 Å². The molecule has 3 saturated heterocycles. The van der Waals surface area contributed by atoms with Gasteiger partial charge in [-0.05, 0) is 43.2 Å². The topological polar surface area (TPSA) is 163 Å². The molecule has 45 heavy (non-hydrogen) atoms. The highest BCUT2D eigenvalue weighted by molar-refractivity contribution is 6.30. The first kappa shape index (κ1) is 33.7. The van der Waals surface area contributed by atoms with E-state index >= 15 is 0 Å². The highest BCUT2D eigenvalue weighted by Gasteiger charge is 2.48. The third kappa shape index (κ3) is 8.39. The first-order chi connectivity index (χ1) is 21.6. The van der Waals surface area contributed by atoms with Crippen molar-refractivity contribution >= 4 is 23.5 Å². The van der Waals surface area contributed by atoms with Gasteiger partial charge in [0.1, 0.15) is 29.9 Å². The minimum Gasteiger partial charge on any atom is -0.493 e. The number of likely N-dealkylation sites (tertiary alicyclic amines) is 2. The fourth-order valence-electron chi connectivity index (χ4n) is 6.56. The maximum atomic E-state index is 14.9. The number of piperidine rings is 1. The van der Waals surface area contributed by atoms with Crippen LogP contribution in [0.5, 0.6) is 5.75 Å². The monoisotopic (exact) mass is 651 g/mol. The zero-order valence-corrected chi connectivity index (χ0v) is 25.9. The van der Waals surface area contributed by atoms with Crippen LogP contribution in [0.25, 0.3) is 0 Å². The molecule has 12 nitrogen and oxygen atoms in total. The van der Waals surface area contributed by atoms with Crippen LogP contribution < -0.4 is 9.64 Å². The third-order valence-electron chi connectivity index (χ3n) is 9.34. The van der Waals surface area contributed by atoms with Gasteiger partial charge in [-0.15, -0.1) is 0 Å². The van der Waals surface area contributed by atoms with Crippen molar-refractivity contribution in [3.8, 4) is 5.75 Å². The number of carbonyl (C=O) groups excluding carboxylic acids is 1. The van der Waals surface area contributed by atoms with Crippen molar-refractivity contribution in [1.82, 2.24) is 19.8 Å². The summed E-state index contributed by atoms with van der Waals surface area (Å²) in [5.74, 6) is 1.26. The van der Waals surface area contributed by atoms with Crippen LogP contribution in [0.4, 0.5) is 10.3 Å². The Hall–Kier alpha value is -2.65. The summed E-state index contributed by atoms with van der Waals surface area (Å²) >= 11 is 5.88. The number of carbonyl (C=O) groups is 1. The van der Waals surface area contributed by atoms with Crippen LogP contribution in [0.1, 0.15) is 31.2 Å². The smallest absolute Gasteiger partial charge is 0.227 e. The van der Waals surface area contributed by atoms with Gasteiger partial charge in [0.25, 0.3) is 0 Å². The summed E-state index contributed by atoms with van der Waals surface area (Å²) in [5, 5.41) is 49.2. The highest BCUT2D eigenvalue weighted by atomic mass is 35.5. The first-order valence-electron chi connectivity index (χ1n) is 15.6. The molecule has 0 bridgehead atoms. The molecule has 0 aliphatic carbocycles. The number of amides is 1. The fraction of sp³-hybridized carbons (Fsp3) is 0.645. The van der Waals surface area contributed by atoms with Gasteiger partial charge in [0.05, 0.1) is 43.2 Å². The second-order valence-electron chi connectivity index (χ2n) is 12.4. The minimum absolute atomic E-state index is 0.0126. The molecule has 2 aromatic rings. The number of nitrogens with zero attached hydrogens (tertiary/aromatic N) is 5. The lowest BCUT2D eigenvalue weighted by Gasteiger charge is -2.45. The summed E-state index contributed by atoms with van der Waals surface area (Å²) in [6, 6.07) is 4.61. The van der Waals surface area contributed by atoms with Gasteiger partial charge in [-0.2, -0.15) is 0 Å². The van der Waals surface area contributed by atoms with Crippen molar-refractivity contribution in [3.05, 3.63) is 47.0 Å². The molecular weight excluding hydrogens is 609 g/mol. The second kappa shape index (κ2) is 15.3. The Balaban J connectivity index is 0.999. The van der Waals surface area contributed by atoms with E-state index in [-0.39, 0.29) is 30.8 Å². The summed E-state index contributed by atoms with van der Waals surface area (Å²) in [4.78, 5) is 27.4. The molecule has 1 amide bonds. The number of rotatable bonds is 14. The molecule has 248 valence electrons. The van der Waals surface area contributed by atoms with Gasteiger partial charge < -0.3 is 40.1 Å². The summed E-state index contributed by atoms with van der Waals surface area (Å²) in [5.41, 5.74) is 0.301. The van der Waals surface area contributed by atoms with Crippen molar-refractivity contribution in [1.29, 1.82) is 0 Å². The number of fused-ring (bicyclic) bond motifs is 1. The van der Waals surface area contributed by atoms with Crippen molar-refractivity contribution in [2.75, 3.05) is 57.4 Å². The Bertz CT molecular complexity index is 1270. The number of hydrogen-bond donors (Lipinski definition) is 5. The van der Waals surface area contributed by atoms with E-state index in [1.165, 1.54) is 6.07 Å². The quantitative estimate of drug-likeness (QED) is 0.181. The number of β-amino-alcohol motifs (C(OH)–C–C–N with tert-alkyl or cyclic N) is 1. The standard InChI is InChI=1S/C31H43ClFN5O7/c32-22-12-34-31(35-13-22)36-7-5-19(6-8-36)2-1-9-45-23-4-3-20(24(33)11-23)10-28(42)38-15-21-14-37(25(21)16-38)17-26(40)29(43)30(44)27(41)18-39/h3-4,11-13,19,21,25-27,29-30,39-41,43-44H,1-2,5-10,14-18H2/t21-,25+,26+,27-,29-,30-/m1/s1. The van der Waals surface area contributed by atoms with E-state index in [1.807, 2.05) is 4.90 Å². The number of aliphatic hydroxyl groups excluding tert-OH is 5. The molecular formula is C31H43ClFN5O7. The maximum absolute atomic E-state index is 14.9. The molecule has 0 radical (unpaired) electrons. The second-order valence-corrected chi connectivity index (χ2v) is 12.9. The summed E-state index contributed by atoms with van der Waals surface area (Å²) in [7, 11) is 0. The van der Waals surface area contributed by atoms with Crippen molar-refractivity contribution in [3.63, 3.8) is 0 Å². The molecule has 5 N–H and O–H groups in total. The van der Waals surface area contributed by atoms with Crippen LogP contribution in [-0.2, 0) is 11.2 Å². The van der Waals surface area contributed by atoms with Crippen LogP contribution in [0, 0.1) is 17.7 Å². The molecule has 4 heterocycles. The summed E-state index contributed by atoms with van der Waals surface area (Å²) in [6.45, 7) is 3.14. The number of aromatic nitrogens is 2. The first-order valence-corrected chi connectivity index (χ1v) is 16.0. The number of benzene rings is 1. The van der Waals surface area contributed by atoms with Gasteiger partial charge >= 0.3 is 0 Å². The fourth-order valence-corrected chi connectivity index (χ4v) is 6.66. The largest absolute Gasteiger partial charge is 0.493 e. The molecule has 0 saturated carbocycles.